The molecule has 0 aliphatic heterocycles. The van der Waals surface area contributed by atoms with E-state index in [1.165, 1.54) is 0 Å². The van der Waals surface area contributed by atoms with E-state index >= 15 is 0 Å². The van der Waals surface area contributed by atoms with Crippen LogP contribution < -0.4 is 4.90 Å². The summed E-state index contributed by atoms with van der Waals surface area (Å²) in [6, 6.07) is 49.9. The minimum absolute atomic E-state index is 0.610. The van der Waals surface area contributed by atoms with Gasteiger partial charge in [-0.1, -0.05) is 72.8 Å². The molecule has 0 N–H and O–H groups in total. The Morgan fingerprint density at radius 3 is 1.68 bits per heavy atom. The van der Waals surface area contributed by atoms with Crippen LogP contribution in [-0.4, -0.2) is 4.98 Å². The monoisotopic (exact) mass is 528 g/mol. The molecule has 0 atom stereocenters. The van der Waals surface area contributed by atoms with Gasteiger partial charge in [-0.15, -0.1) is 0 Å². The van der Waals surface area contributed by atoms with Gasteiger partial charge >= 0.3 is 0 Å². The van der Waals surface area contributed by atoms with Crippen molar-refractivity contribution in [2.24, 2.45) is 0 Å². The predicted molar refractivity (Wildman–Crippen MR) is 167 cm³/mol. The van der Waals surface area contributed by atoms with Crippen LogP contribution >= 0.6 is 0 Å². The normalized spacial score (nSPS) is 11.4. The summed E-state index contributed by atoms with van der Waals surface area (Å²) in [5, 5.41) is 2.08. The van der Waals surface area contributed by atoms with Crippen molar-refractivity contribution in [3.05, 3.63) is 146 Å². The summed E-state index contributed by atoms with van der Waals surface area (Å²) < 4.78 is 12.3. The van der Waals surface area contributed by atoms with E-state index in [0.717, 1.165) is 61.2 Å². The third kappa shape index (κ3) is 4.14. The van der Waals surface area contributed by atoms with Gasteiger partial charge in [0.1, 0.15) is 16.7 Å². The maximum absolute atomic E-state index is 6.22. The zero-order chi connectivity index (χ0) is 27.2. The van der Waals surface area contributed by atoms with Crippen molar-refractivity contribution in [3.8, 4) is 22.6 Å². The summed E-state index contributed by atoms with van der Waals surface area (Å²) in [6.45, 7) is 0. The first kappa shape index (κ1) is 23.3. The Morgan fingerprint density at radius 2 is 1.00 bits per heavy atom. The average Bonchev–Trinajstić information content (AvgIpc) is 3.62. The van der Waals surface area contributed by atoms with Gasteiger partial charge in [-0.05, 0) is 77.9 Å². The Bertz CT molecular complexity index is 2090. The first-order valence-corrected chi connectivity index (χ1v) is 13.6. The zero-order valence-corrected chi connectivity index (χ0v) is 22.1. The van der Waals surface area contributed by atoms with E-state index in [4.69, 9.17) is 13.8 Å². The second-order valence-corrected chi connectivity index (χ2v) is 10.1. The molecule has 41 heavy (non-hydrogen) atoms. The lowest BCUT2D eigenvalue weighted by Gasteiger charge is -2.25. The molecule has 0 saturated carbocycles. The second kappa shape index (κ2) is 9.54. The third-order valence-corrected chi connectivity index (χ3v) is 7.49. The van der Waals surface area contributed by atoms with Crippen LogP contribution in [0.1, 0.15) is 0 Å². The van der Waals surface area contributed by atoms with Gasteiger partial charge in [0, 0.05) is 39.5 Å². The van der Waals surface area contributed by atoms with Gasteiger partial charge in [-0.25, -0.2) is 4.98 Å². The molecule has 0 amide bonds. The zero-order valence-electron chi connectivity index (χ0n) is 22.1. The van der Waals surface area contributed by atoms with Crippen molar-refractivity contribution in [3.63, 3.8) is 0 Å². The number of fused-ring (bicyclic) bond motifs is 4. The lowest BCUT2D eigenvalue weighted by Crippen LogP contribution is -2.09. The minimum atomic E-state index is 0.610. The van der Waals surface area contributed by atoms with Crippen LogP contribution in [-0.2, 0) is 0 Å². The van der Waals surface area contributed by atoms with E-state index < -0.39 is 0 Å². The molecule has 2 aromatic heterocycles. The fraction of sp³-hybridized carbons (Fsp3) is 0. The molecular weight excluding hydrogens is 504 g/mol. The maximum atomic E-state index is 6.22. The molecule has 8 aromatic rings. The first-order chi connectivity index (χ1) is 20.3. The SMILES string of the molecule is c1ccc(-c2nc3cc4c(cc3o2)oc2ccc(-c3ccc(N(c5ccccc5)c5ccccc5)cc3)cc24)cc1. The summed E-state index contributed by atoms with van der Waals surface area (Å²) >= 11 is 0. The summed E-state index contributed by atoms with van der Waals surface area (Å²) in [6.07, 6.45) is 0. The smallest absolute Gasteiger partial charge is 0.227 e. The standard InChI is InChI=1S/C37H24N2O2/c1-4-10-26(11-5-1)37-38-33-23-32-31-22-27(18-21-34(31)40-35(32)24-36(33)41-37)25-16-19-30(20-17-25)39(28-12-6-2-7-13-28)29-14-8-3-9-15-29/h1-24H. The van der Waals surface area contributed by atoms with Crippen LogP contribution in [0.4, 0.5) is 17.1 Å². The largest absolute Gasteiger partial charge is 0.456 e. The van der Waals surface area contributed by atoms with Crippen molar-refractivity contribution in [1.82, 2.24) is 4.98 Å². The number of furan rings is 1. The van der Waals surface area contributed by atoms with Gasteiger partial charge in [0.25, 0.3) is 0 Å². The topological polar surface area (TPSA) is 42.4 Å². The number of benzene rings is 6. The van der Waals surface area contributed by atoms with Gasteiger partial charge in [0.2, 0.25) is 5.89 Å². The van der Waals surface area contributed by atoms with Crippen molar-refractivity contribution >= 4 is 50.1 Å². The Morgan fingerprint density at radius 1 is 0.415 bits per heavy atom. The third-order valence-electron chi connectivity index (χ3n) is 7.49. The maximum Gasteiger partial charge on any atom is 0.227 e. The van der Waals surface area contributed by atoms with Crippen molar-refractivity contribution < 1.29 is 8.83 Å². The van der Waals surface area contributed by atoms with Gasteiger partial charge in [0.15, 0.2) is 5.58 Å². The number of aromatic nitrogens is 1. The van der Waals surface area contributed by atoms with Crippen LogP contribution in [0.15, 0.2) is 154 Å². The minimum Gasteiger partial charge on any atom is -0.456 e. The molecule has 4 heteroatoms. The van der Waals surface area contributed by atoms with Crippen LogP contribution in [0.2, 0.25) is 0 Å². The van der Waals surface area contributed by atoms with E-state index in [1.54, 1.807) is 0 Å². The molecule has 0 aliphatic carbocycles. The highest BCUT2D eigenvalue weighted by atomic mass is 16.4. The summed E-state index contributed by atoms with van der Waals surface area (Å²) in [4.78, 5) is 7.03. The number of rotatable bonds is 5. The van der Waals surface area contributed by atoms with E-state index in [0.29, 0.717) is 11.5 Å². The van der Waals surface area contributed by atoms with Crippen molar-refractivity contribution in [2.75, 3.05) is 4.90 Å². The molecular formula is C37H24N2O2. The van der Waals surface area contributed by atoms with Gasteiger partial charge in [-0.2, -0.15) is 0 Å². The molecule has 2 heterocycles. The highest BCUT2D eigenvalue weighted by Crippen LogP contribution is 2.38. The Kier molecular flexibility index (Phi) is 5.42. The number of anilines is 3. The van der Waals surface area contributed by atoms with Crippen LogP contribution in [0.3, 0.4) is 0 Å². The van der Waals surface area contributed by atoms with Gasteiger partial charge in [0.05, 0.1) is 0 Å². The highest BCUT2D eigenvalue weighted by molar-refractivity contribution is 6.10. The Balaban J connectivity index is 1.18. The molecule has 0 fully saturated rings. The number of hydrogen-bond donors (Lipinski definition) is 0. The number of hydrogen-bond acceptors (Lipinski definition) is 4. The second-order valence-electron chi connectivity index (χ2n) is 10.1. The van der Waals surface area contributed by atoms with Crippen LogP contribution in [0, 0.1) is 0 Å². The molecule has 0 spiro atoms. The Hall–Kier alpha value is -5.61. The quantitative estimate of drug-likeness (QED) is 0.223. The summed E-state index contributed by atoms with van der Waals surface area (Å²) in [5.74, 6) is 0.610. The fourth-order valence-corrected chi connectivity index (χ4v) is 5.49. The van der Waals surface area contributed by atoms with Crippen molar-refractivity contribution in [1.29, 1.82) is 0 Å². The molecule has 194 valence electrons. The lowest BCUT2D eigenvalue weighted by atomic mass is 10.0. The predicted octanol–water partition coefficient (Wildman–Crippen LogP) is 10.5. The highest BCUT2D eigenvalue weighted by Gasteiger charge is 2.15. The Labute approximate surface area is 236 Å². The van der Waals surface area contributed by atoms with Gasteiger partial charge < -0.3 is 13.7 Å². The first-order valence-electron chi connectivity index (χ1n) is 13.6. The molecule has 0 aliphatic rings. The van der Waals surface area contributed by atoms with Gasteiger partial charge in [-0.3, -0.25) is 0 Å². The number of oxazole rings is 1. The van der Waals surface area contributed by atoms with E-state index in [-0.39, 0.29) is 0 Å². The fourth-order valence-electron chi connectivity index (χ4n) is 5.49. The summed E-state index contributed by atoms with van der Waals surface area (Å²) in [5.41, 5.74) is 9.72. The van der Waals surface area contributed by atoms with Crippen LogP contribution in [0.25, 0.3) is 55.6 Å². The van der Waals surface area contributed by atoms with E-state index in [1.807, 2.05) is 54.6 Å². The molecule has 0 saturated heterocycles. The lowest BCUT2D eigenvalue weighted by molar-refractivity contribution is 0.617. The van der Waals surface area contributed by atoms with Crippen LogP contribution in [0.5, 0.6) is 0 Å². The molecule has 0 radical (unpaired) electrons. The van der Waals surface area contributed by atoms with Crippen molar-refractivity contribution in [2.45, 2.75) is 0 Å². The van der Waals surface area contributed by atoms with E-state index in [2.05, 4.69) is 95.9 Å². The molecule has 6 aromatic carbocycles. The molecule has 0 bridgehead atoms. The van der Waals surface area contributed by atoms with E-state index in [9.17, 15) is 0 Å². The molecule has 4 nitrogen and oxygen atoms in total. The molecule has 8 rings (SSSR count). The number of para-hydroxylation sites is 2. The summed E-state index contributed by atoms with van der Waals surface area (Å²) in [7, 11) is 0. The molecule has 0 unspecified atom stereocenters. The average molecular weight is 529 g/mol. The number of nitrogens with zero attached hydrogens (tertiary/aromatic N) is 2.